The van der Waals surface area contributed by atoms with Gasteiger partial charge in [-0.25, -0.2) is 14.6 Å². The number of carbonyl (C=O) groups is 1. The van der Waals surface area contributed by atoms with E-state index in [2.05, 4.69) is 15.1 Å². The van der Waals surface area contributed by atoms with E-state index in [1.807, 2.05) is 0 Å². The highest BCUT2D eigenvalue weighted by Crippen LogP contribution is 2.26. The number of carbonyl (C=O) groups excluding carboxylic acids is 1. The first kappa shape index (κ1) is 11.0. The number of aromatic nitrogens is 4. The van der Waals surface area contributed by atoms with Crippen molar-refractivity contribution in [2.24, 2.45) is 0 Å². The maximum absolute atomic E-state index is 11.1. The van der Waals surface area contributed by atoms with Crippen LogP contribution in [0.3, 0.4) is 0 Å². The molecular weight excluding hydrogens is 232 g/mol. The van der Waals surface area contributed by atoms with Crippen molar-refractivity contribution in [3.8, 4) is 5.95 Å². The van der Waals surface area contributed by atoms with E-state index >= 15 is 0 Å². The molecule has 2 aromatic heterocycles. The Bertz CT molecular complexity index is 546. The highest BCUT2D eigenvalue weighted by atomic mass is 16.5. The van der Waals surface area contributed by atoms with Crippen LogP contribution < -0.4 is 0 Å². The molecule has 1 atom stereocenters. The van der Waals surface area contributed by atoms with Crippen LogP contribution in [-0.2, 0) is 4.74 Å². The fraction of sp³-hybridized carbons (Fsp3) is 0.333. The van der Waals surface area contributed by atoms with Gasteiger partial charge in [0.15, 0.2) is 6.29 Å². The van der Waals surface area contributed by atoms with E-state index in [1.54, 1.807) is 24.7 Å². The van der Waals surface area contributed by atoms with Crippen LogP contribution >= 0.6 is 0 Å². The molecule has 0 bridgehead atoms. The fourth-order valence-corrected chi connectivity index (χ4v) is 2.07. The molecule has 1 aliphatic heterocycles. The zero-order valence-electron chi connectivity index (χ0n) is 9.69. The number of nitrogens with zero attached hydrogens (tertiary/aromatic N) is 4. The second-order valence-corrected chi connectivity index (χ2v) is 4.14. The highest BCUT2D eigenvalue weighted by molar-refractivity contribution is 5.76. The second kappa shape index (κ2) is 4.66. The molecule has 0 amide bonds. The fourth-order valence-electron chi connectivity index (χ4n) is 2.07. The minimum absolute atomic E-state index is 0.190. The van der Waals surface area contributed by atoms with Gasteiger partial charge in [0.05, 0.1) is 17.9 Å². The minimum Gasteiger partial charge on any atom is -0.381 e. The van der Waals surface area contributed by atoms with Crippen LogP contribution in [0.4, 0.5) is 0 Å². The van der Waals surface area contributed by atoms with E-state index in [0.717, 1.165) is 25.0 Å². The maximum atomic E-state index is 11.1. The zero-order chi connectivity index (χ0) is 12.4. The van der Waals surface area contributed by atoms with Crippen LogP contribution in [0.5, 0.6) is 0 Å². The van der Waals surface area contributed by atoms with Crippen molar-refractivity contribution in [3.05, 3.63) is 35.9 Å². The van der Waals surface area contributed by atoms with E-state index in [4.69, 9.17) is 4.74 Å². The Hall–Kier alpha value is -2.08. The molecule has 6 nitrogen and oxygen atoms in total. The average Bonchev–Trinajstić information content (AvgIpc) is 3.08. The third kappa shape index (κ3) is 1.91. The van der Waals surface area contributed by atoms with E-state index in [9.17, 15) is 4.79 Å². The molecule has 2 aromatic rings. The smallest absolute Gasteiger partial charge is 0.250 e. The lowest BCUT2D eigenvalue weighted by Crippen LogP contribution is -2.04. The lowest BCUT2D eigenvalue weighted by molar-refractivity contribution is 0.112. The summed E-state index contributed by atoms with van der Waals surface area (Å²) in [5.41, 5.74) is 1.35. The van der Waals surface area contributed by atoms with Crippen LogP contribution in [0.2, 0.25) is 0 Å². The van der Waals surface area contributed by atoms with Crippen molar-refractivity contribution in [3.63, 3.8) is 0 Å². The number of hydrogen-bond acceptors (Lipinski definition) is 5. The largest absolute Gasteiger partial charge is 0.381 e. The summed E-state index contributed by atoms with van der Waals surface area (Å²) >= 11 is 0. The van der Waals surface area contributed by atoms with Crippen molar-refractivity contribution in [1.29, 1.82) is 0 Å². The van der Waals surface area contributed by atoms with Crippen LogP contribution in [0.1, 0.15) is 28.4 Å². The number of hydrogen-bond donors (Lipinski definition) is 0. The molecule has 0 N–H and O–H groups in total. The van der Waals surface area contributed by atoms with Crippen LogP contribution in [0.25, 0.3) is 5.95 Å². The number of aldehydes is 1. The molecule has 3 rings (SSSR count). The van der Waals surface area contributed by atoms with Gasteiger partial charge >= 0.3 is 0 Å². The molecule has 1 fully saturated rings. The van der Waals surface area contributed by atoms with Gasteiger partial charge in [-0.2, -0.15) is 5.10 Å². The summed E-state index contributed by atoms with van der Waals surface area (Å²) in [4.78, 5) is 19.3. The summed E-state index contributed by atoms with van der Waals surface area (Å²) in [5, 5.41) is 4.41. The Morgan fingerprint density at radius 3 is 2.89 bits per heavy atom. The van der Waals surface area contributed by atoms with Gasteiger partial charge < -0.3 is 4.74 Å². The summed E-state index contributed by atoms with van der Waals surface area (Å²) in [6.07, 6.45) is 6.66. The molecule has 18 heavy (non-hydrogen) atoms. The summed E-state index contributed by atoms with van der Waals surface area (Å²) in [6.45, 7) is 1.34. The quantitative estimate of drug-likeness (QED) is 0.753. The molecule has 1 unspecified atom stereocenters. The van der Waals surface area contributed by atoms with E-state index in [-0.39, 0.29) is 5.92 Å². The molecule has 0 spiro atoms. The Labute approximate surface area is 104 Å². The summed E-state index contributed by atoms with van der Waals surface area (Å²) < 4.78 is 6.87. The van der Waals surface area contributed by atoms with E-state index in [1.165, 1.54) is 4.68 Å². The second-order valence-electron chi connectivity index (χ2n) is 4.14. The van der Waals surface area contributed by atoms with Gasteiger partial charge in [-0.1, -0.05) is 0 Å². The standard InChI is InChI=1S/C12H12N4O2/c17-7-10-6-16(12-13-3-1-4-14-12)15-11(10)9-2-5-18-8-9/h1,3-4,6-7,9H,2,5,8H2. The topological polar surface area (TPSA) is 69.9 Å². The van der Waals surface area contributed by atoms with Crippen molar-refractivity contribution in [2.75, 3.05) is 13.2 Å². The first-order valence-corrected chi connectivity index (χ1v) is 5.78. The molecule has 0 aliphatic carbocycles. The van der Waals surface area contributed by atoms with Gasteiger partial charge in [-0.15, -0.1) is 0 Å². The Morgan fingerprint density at radius 1 is 1.39 bits per heavy atom. The third-order valence-electron chi connectivity index (χ3n) is 2.97. The summed E-state index contributed by atoms with van der Waals surface area (Å²) in [7, 11) is 0. The van der Waals surface area contributed by atoms with Gasteiger partial charge in [0.2, 0.25) is 5.95 Å². The minimum atomic E-state index is 0.190. The zero-order valence-corrected chi connectivity index (χ0v) is 9.69. The van der Waals surface area contributed by atoms with Crippen molar-refractivity contribution >= 4 is 6.29 Å². The van der Waals surface area contributed by atoms with Crippen molar-refractivity contribution < 1.29 is 9.53 Å². The summed E-state index contributed by atoms with van der Waals surface area (Å²) in [5.74, 6) is 0.654. The molecule has 6 heteroatoms. The Kier molecular flexibility index (Phi) is 2.85. The molecular formula is C12H12N4O2. The van der Waals surface area contributed by atoms with Gasteiger partial charge in [0.1, 0.15) is 0 Å². The molecule has 1 aliphatic rings. The van der Waals surface area contributed by atoms with Gasteiger partial charge in [0, 0.05) is 31.1 Å². The van der Waals surface area contributed by atoms with Crippen LogP contribution in [0.15, 0.2) is 24.7 Å². The van der Waals surface area contributed by atoms with Crippen molar-refractivity contribution in [1.82, 2.24) is 19.7 Å². The molecule has 3 heterocycles. The third-order valence-corrected chi connectivity index (χ3v) is 2.97. The molecule has 1 saturated heterocycles. The molecule has 92 valence electrons. The highest BCUT2D eigenvalue weighted by Gasteiger charge is 2.24. The first-order valence-electron chi connectivity index (χ1n) is 5.78. The van der Waals surface area contributed by atoms with Crippen molar-refractivity contribution in [2.45, 2.75) is 12.3 Å². The molecule has 0 radical (unpaired) electrons. The predicted molar refractivity (Wildman–Crippen MR) is 62.7 cm³/mol. The normalized spacial score (nSPS) is 19.0. The van der Waals surface area contributed by atoms with Gasteiger partial charge in [0.25, 0.3) is 0 Å². The number of ether oxygens (including phenoxy) is 1. The monoisotopic (exact) mass is 244 g/mol. The summed E-state index contributed by atoms with van der Waals surface area (Å²) in [6, 6.07) is 1.74. The number of rotatable bonds is 3. The predicted octanol–water partition coefficient (Wildman–Crippen LogP) is 0.979. The molecule has 0 aromatic carbocycles. The van der Waals surface area contributed by atoms with Gasteiger partial charge in [-0.3, -0.25) is 4.79 Å². The van der Waals surface area contributed by atoms with E-state index < -0.39 is 0 Å². The van der Waals surface area contributed by atoms with Gasteiger partial charge in [-0.05, 0) is 12.5 Å². The molecule has 0 saturated carbocycles. The lowest BCUT2D eigenvalue weighted by Gasteiger charge is -2.03. The first-order chi connectivity index (χ1) is 8.88. The van der Waals surface area contributed by atoms with Crippen LogP contribution in [0, 0.1) is 0 Å². The lowest BCUT2D eigenvalue weighted by atomic mass is 10.0. The van der Waals surface area contributed by atoms with Crippen LogP contribution in [-0.4, -0.2) is 39.2 Å². The average molecular weight is 244 g/mol. The Morgan fingerprint density at radius 2 is 2.22 bits per heavy atom. The Balaban J connectivity index is 2.00. The maximum Gasteiger partial charge on any atom is 0.250 e. The van der Waals surface area contributed by atoms with E-state index in [0.29, 0.717) is 18.1 Å². The SMILES string of the molecule is O=Cc1cn(-c2ncccn2)nc1C1CCOC1.